The third kappa shape index (κ3) is 4.78. The van der Waals surface area contributed by atoms with Crippen LogP contribution in [0.3, 0.4) is 0 Å². The fraction of sp³-hybridized carbons (Fsp3) is 0.750. The monoisotopic (exact) mass is 287 g/mol. The molecule has 0 saturated carbocycles. The lowest BCUT2D eigenvalue weighted by molar-refractivity contribution is -0.146. The van der Waals surface area contributed by atoms with Gasteiger partial charge in [0.05, 0.1) is 32.3 Å². The molecule has 1 fully saturated rings. The van der Waals surface area contributed by atoms with Crippen LogP contribution in [0.15, 0.2) is 0 Å². The molecular weight excluding hydrogens is 266 g/mol. The second kappa shape index (κ2) is 7.81. The molecular formula is C12H21N3O5. The molecule has 0 aliphatic carbocycles. The molecule has 1 heterocycles. The summed E-state index contributed by atoms with van der Waals surface area (Å²) in [7, 11) is 2.76. The molecule has 0 aromatic heterocycles. The Balaban J connectivity index is 2.51. The van der Waals surface area contributed by atoms with Gasteiger partial charge < -0.3 is 14.8 Å². The van der Waals surface area contributed by atoms with Crippen LogP contribution < -0.4 is 10.6 Å². The first-order chi connectivity index (χ1) is 9.47. The van der Waals surface area contributed by atoms with E-state index in [0.29, 0.717) is 19.7 Å². The van der Waals surface area contributed by atoms with Crippen molar-refractivity contribution >= 4 is 17.9 Å². The molecule has 1 rings (SSSR count). The fourth-order valence-electron chi connectivity index (χ4n) is 1.93. The van der Waals surface area contributed by atoms with Gasteiger partial charge >= 0.3 is 12.0 Å². The number of carbonyl (C=O) groups excluding carboxylic acids is 3. The highest BCUT2D eigenvalue weighted by Gasteiger charge is 2.29. The Morgan fingerprint density at radius 2 is 2.15 bits per heavy atom. The molecule has 114 valence electrons. The van der Waals surface area contributed by atoms with Crippen LogP contribution in [0.5, 0.6) is 0 Å². The van der Waals surface area contributed by atoms with Crippen LogP contribution in [-0.4, -0.2) is 68.8 Å². The number of hydrogen-bond donors (Lipinski definition) is 2. The Morgan fingerprint density at radius 3 is 2.75 bits per heavy atom. The predicted octanol–water partition coefficient (Wildman–Crippen LogP) is -0.906. The number of esters is 1. The molecule has 0 bridgehead atoms. The molecule has 8 nitrogen and oxygen atoms in total. The Bertz CT molecular complexity index is 374. The van der Waals surface area contributed by atoms with Crippen molar-refractivity contribution < 1.29 is 23.9 Å². The van der Waals surface area contributed by atoms with Crippen LogP contribution in [0.1, 0.15) is 13.3 Å². The van der Waals surface area contributed by atoms with Crippen molar-refractivity contribution in [1.29, 1.82) is 0 Å². The van der Waals surface area contributed by atoms with Gasteiger partial charge in [-0.25, -0.2) is 4.79 Å². The standard InChI is InChI=1S/C12H21N3O5/c1-8(11(17)14-12(18)13-2)15-4-5-20-9(7-15)6-10(16)19-3/h8-9H,4-7H2,1-3H3,(H2,13,14,17,18). The highest BCUT2D eigenvalue weighted by Crippen LogP contribution is 2.12. The van der Waals surface area contributed by atoms with Gasteiger partial charge in [0.15, 0.2) is 0 Å². The minimum atomic E-state index is -0.541. The van der Waals surface area contributed by atoms with Crippen molar-refractivity contribution in [2.75, 3.05) is 33.9 Å². The summed E-state index contributed by atoms with van der Waals surface area (Å²) in [5, 5.41) is 4.55. The summed E-state index contributed by atoms with van der Waals surface area (Å²) < 4.78 is 10.1. The molecule has 2 N–H and O–H groups in total. The number of rotatable bonds is 4. The molecule has 0 radical (unpaired) electrons. The Kier molecular flexibility index (Phi) is 6.40. The molecule has 3 amide bonds. The van der Waals surface area contributed by atoms with Gasteiger partial charge in [0.2, 0.25) is 5.91 Å². The lowest BCUT2D eigenvalue weighted by Crippen LogP contribution is -2.54. The van der Waals surface area contributed by atoms with E-state index in [2.05, 4.69) is 15.4 Å². The molecule has 2 atom stereocenters. The van der Waals surface area contributed by atoms with Crippen LogP contribution in [0, 0.1) is 0 Å². The van der Waals surface area contributed by atoms with E-state index in [4.69, 9.17) is 4.74 Å². The van der Waals surface area contributed by atoms with Gasteiger partial charge in [-0.2, -0.15) is 0 Å². The van der Waals surface area contributed by atoms with Gasteiger partial charge in [0, 0.05) is 20.1 Å². The summed E-state index contributed by atoms with van der Waals surface area (Å²) >= 11 is 0. The number of ether oxygens (including phenoxy) is 2. The molecule has 8 heteroatoms. The van der Waals surface area contributed by atoms with Gasteiger partial charge in [0.1, 0.15) is 0 Å². The lowest BCUT2D eigenvalue weighted by Gasteiger charge is -2.35. The van der Waals surface area contributed by atoms with E-state index in [1.807, 2.05) is 4.90 Å². The number of carbonyl (C=O) groups is 3. The fourth-order valence-corrected chi connectivity index (χ4v) is 1.93. The van der Waals surface area contributed by atoms with Crippen molar-refractivity contribution in [1.82, 2.24) is 15.5 Å². The summed E-state index contributed by atoms with van der Waals surface area (Å²) in [6, 6.07) is -1.02. The predicted molar refractivity (Wildman–Crippen MR) is 70.0 cm³/mol. The maximum atomic E-state index is 11.9. The van der Waals surface area contributed by atoms with Crippen LogP contribution >= 0.6 is 0 Å². The molecule has 0 spiro atoms. The highest BCUT2D eigenvalue weighted by molar-refractivity contribution is 5.96. The molecule has 1 saturated heterocycles. The number of urea groups is 1. The van der Waals surface area contributed by atoms with E-state index in [-0.39, 0.29) is 24.4 Å². The van der Waals surface area contributed by atoms with E-state index < -0.39 is 12.1 Å². The second-order valence-electron chi connectivity index (χ2n) is 4.51. The normalized spacial score (nSPS) is 20.9. The van der Waals surface area contributed by atoms with E-state index in [1.54, 1.807) is 6.92 Å². The summed E-state index contributed by atoms with van der Waals surface area (Å²) in [6.45, 7) is 3.15. The van der Waals surface area contributed by atoms with Gasteiger partial charge in [-0.15, -0.1) is 0 Å². The molecule has 0 aromatic rings. The van der Waals surface area contributed by atoms with Crippen LogP contribution in [-0.2, 0) is 19.1 Å². The van der Waals surface area contributed by atoms with E-state index in [0.717, 1.165) is 0 Å². The maximum absolute atomic E-state index is 11.9. The minimum Gasteiger partial charge on any atom is -0.469 e. The Morgan fingerprint density at radius 1 is 1.45 bits per heavy atom. The number of amides is 3. The zero-order valence-corrected chi connectivity index (χ0v) is 12.0. The maximum Gasteiger partial charge on any atom is 0.321 e. The zero-order chi connectivity index (χ0) is 15.1. The Labute approximate surface area is 117 Å². The molecule has 1 aliphatic rings. The molecule has 1 aliphatic heterocycles. The summed E-state index contributed by atoms with van der Waals surface area (Å²) in [5.41, 5.74) is 0. The summed E-state index contributed by atoms with van der Waals surface area (Å²) in [5.74, 6) is -0.734. The average molecular weight is 287 g/mol. The van der Waals surface area contributed by atoms with E-state index in [1.165, 1.54) is 14.2 Å². The first-order valence-corrected chi connectivity index (χ1v) is 6.43. The number of morpholine rings is 1. The number of imide groups is 1. The van der Waals surface area contributed by atoms with Crippen LogP contribution in [0.25, 0.3) is 0 Å². The van der Waals surface area contributed by atoms with E-state index in [9.17, 15) is 14.4 Å². The van der Waals surface area contributed by atoms with Gasteiger partial charge in [-0.3, -0.25) is 19.8 Å². The zero-order valence-electron chi connectivity index (χ0n) is 12.0. The number of nitrogens with zero attached hydrogens (tertiary/aromatic N) is 1. The molecule has 20 heavy (non-hydrogen) atoms. The van der Waals surface area contributed by atoms with E-state index >= 15 is 0 Å². The molecule has 2 unspecified atom stereocenters. The largest absolute Gasteiger partial charge is 0.469 e. The van der Waals surface area contributed by atoms with Crippen LogP contribution in [0.4, 0.5) is 4.79 Å². The average Bonchev–Trinajstić information content (AvgIpc) is 2.46. The smallest absolute Gasteiger partial charge is 0.321 e. The lowest BCUT2D eigenvalue weighted by atomic mass is 10.1. The summed E-state index contributed by atoms with van der Waals surface area (Å²) in [4.78, 5) is 36.1. The van der Waals surface area contributed by atoms with Crippen LogP contribution in [0.2, 0.25) is 0 Å². The van der Waals surface area contributed by atoms with Crippen molar-refractivity contribution in [2.45, 2.75) is 25.5 Å². The van der Waals surface area contributed by atoms with Crippen molar-refractivity contribution in [2.24, 2.45) is 0 Å². The SMILES string of the molecule is CNC(=O)NC(=O)C(C)N1CCOC(CC(=O)OC)C1. The van der Waals surface area contributed by atoms with Gasteiger partial charge in [-0.1, -0.05) is 0 Å². The quantitative estimate of drug-likeness (QED) is 0.650. The van der Waals surface area contributed by atoms with Gasteiger partial charge in [-0.05, 0) is 6.92 Å². The third-order valence-electron chi connectivity index (χ3n) is 3.18. The third-order valence-corrected chi connectivity index (χ3v) is 3.18. The topological polar surface area (TPSA) is 97.0 Å². The number of nitrogens with one attached hydrogen (secondary N) is 2. The highest BCUT2D eigenvalue weighted by atomic mass is 16.5. The van der Waals surface area contributed by atoms with Crippen molar-refractivity contribution in [3.63, 3.8) is 0 Å². The Hall–Kier alpha value is -1.67. The molecule has 0 aromatic carbocycles. The number of hydrogen-bond acceptors (Lipinski definition) is 6. The first-order valence-electron chi connectivity index (χ1n) is 6.43. The minimum absolute atomic E-state index is 0.150. The first kappa shape index (κ1) is 16.4. The summed E-state index contributed by atoms with van der Waals surface area (Å²) in [6.07, 6.45) is -0.150. The second-order valence-corrected chi connectivity index (χ2v) is 4.51. The van der Waals surface area contributed by atoms with Gasteiger partial charge in [0.25, 0.3) is 0 Å². The van der Waals surface area contributed by atoms with Crippen molar-refractivity contribution in [3.05, 3.63) is 0 Å². The van der Waals surface area contributed by atoms with Crippen molar-refractivity contribution in [3.8, 4) is 0 Å². The number of methoxy groups -OCH3 is 1.